The quantitative estimate of drug-likeness (QED) is 0.666. The van der Waals surface area contributed by atoms with E-state index >= 15 is 0 Å². The molecule has 20 heavy (non-hydrogen) atoms. The molecule has 1 rings (SSSR count). The van der Waals surface area contributed by atoms with E-state index in [1.54, 1.807) is 0 Å². The third-order valence-electron chi connectivity index (χ3n) is 4.20. The van der Waals surface area contributed by atoms with Crippen molar-refractivity contribution in [3.63, 3.8) is 0 Å². The van der Waals surface area contributed by atoms with Crippen LogP contribution < -0.4 is 10.6 Å². The van der Waals surface area contributed by atoms with Crippen molar-refractivity contribution in [2.24, 2.45) is 11.3 Å². The van der Waals surface area contributed by atoms with E-state index in [0.717, 1.165) is 32.2 Å². The molecule has 1 aliphatic heterocycles. The van der Waals surface area contributed by atoms with Crippen LogP contribution in [0.4, 0.5) is 0 Å². The third kappa shape index (κ3) is 4.47. The lowest BCUT2D eigenvalue weighted by Crippen LogP contribution is -2.54. The summed E-state index contributed by atoms with van der Waals surface area (Å²) in [6.45, 7) is 7.63. The highest BCUT2D eigenvalue weighted by molar-refractivity contribution is 5.84. The molecule has 3 N–H and O–H groups in total. The van der Waals surface area contributed by atoms with E-state index < -0.39 is 5.97 Å². The zero-order valence-electron chi connectivity index (χ0n) is 12.9. The second-order valence-electron chi connectivity index (χ2n) is 6.23. The van der Waals surface area contributed by atoms with Crippen molar-refractivity contribution in [2.45, 2.75) is 58.9 Å². The molecular weight excluding hydrogens is 256 g/mol. The highest BCUT2D eigenvalue weighted by Gasteiger charge is 2.39. The van der Waals surface area contributed by atoms with Gasteiger partial charge in [0.2, 0.25) is 5.91 Å². The van der Waals surface area contributed by atoms with Crippen LogP contribution in [-0.4, -0.2) is 36.1 Å². The Morgan fingerprint density at radius 2 is 2.10 bits per heavy atom. The zero-order chi connectivity index (χ0) is 15.2. The molecule has 2 atom stereocenters. The fourth-order valence-electron chi connectivity index (χ4n) is 2.93. The van der Waals surface area contributed by atoms with E-state index in [-0.39, 0.29) is 29.7 Å². The Morgan fingerprint density at radius 1 is 1.40 bits per heavy atom. The molecule has 1 amide bonds. The summed E-state index contributed by atoms with van der Waals surface area (Å²) in [6, 6.07) is -0.296. The molecule has 0 aromatic rings. The molecule has 1 heterocycles. The summed E-state index contributed by atoms with van der Waals surface area (Å²) in [7, 11) is 0. The minimum Gasteiger partial charge on any atom is -0.481 e. The number of hydrogen-bond acceptors (Lipinski definition) is 3. The normalized spacial score (nSPS) is 24.4. The average molecular weight is 284 g/mol. The first kappa shape index (κ1) is 17.0. The van der Waals surface area contributed by atoms with Gasteiger partial charge in [-0.2, -0.15) is 0 Å². The molecule has 0 spiro atoms. The summed E-state index contributed by atoms with van der Waals surface area (Å²) in [5.41, 5.74) is -0.362. The minimum absolute atomic E-state index is 0.0148. The molecule has 1 fully saturated rings. The summed E-state index contributed by atoms with van der Waals surface area (Å²) in [5.74, 6) is -0.730. The lowest BCUT2D eigenvalue weighted by Gasteiger charge is -2.37. The van der Waals surface area contributed by atoms with E-state index in [1.807, 2.05) is 13.8 Å². The van der Waals surface area contributed by atoms with Crippen molar-refractivity contribution in [1.29, 1.82) is 0 Å². The number of hydrogen-bond donors (Lipinski definition) is 3. The van der Waals surface area contributed by atoms with Gasteiger partial charge in [0.1, 0.15) is 0 Å². The van der Waals surface area contributed by atoms with Crippen molar-refractivity contribution in [1.82, 2.24) is 10.6 Å². The molecule has 0 aromatic heterocycles. The van der Waals surface area contributed by atoms with Gasteiger partial charge in [-0.1, -0.05) is 27.2 Å². The van der Waals surface area contributed by atoms with Crippen molar-refractivity contribution in [3.05, 3.63) is 0 Å². The SMILES string of the molecule is CCCC1(C(=O)NC(CC(=O)O)C(C)C)CCCNC1. The molecule has 1 saturated heterocycles. The Hall–Kier alpha value is -1.10. The van der Waals surface area contributed by atoms with Crippen LogP contribution in [0.1, 0.15) is 52.9 Å². The van der Waals surface area contributed by atoms with Gasteiger partial charge in [0.25, 0.3) is 0 Å². The van der Waals surface area contributed by atoms with E-state index in [9.17, 15) is 9.59 Å². The number of nitrogens with one attached hydrogen (secondary N) is 2. The first-order valence-corrected chi connectivity index (χ1v) is 7.65. The number of carbonyl (C=O) groups excluding carboxylic acids is 1. The maximum atomic E-state index is 12.7. The Balaban J connectivity index is 2.75. The van der Waals surface area contributed by atoms with Crippen LogP contribution in [0.2, 0.25) is 0 Å². The third-order valence-corrected chi connectivity index (χ3v) is 4.20. The van der Waals surface area contributed by atoms with Gasteiger partial charge >= 0.3 is 5.97 Å². The molecule has 0 radical (unpaired) electrons. The maximum Gasteiger partial charge on any atom is 0.305 e. The topological polar surface area (TPSA) is 78.4 Å². The first-order valence-electron chi connectivity index (χ1n) is 7.65. The molecular formula is C15H28N2O3. The Bertz CT molecular complexity index is 331. The van der Waals surface area contributed by atoms with Gasteiger partial charge in [0.05, 0.1) is 11.8 Å². The number of rotatable bonds is 7. The van der Waals surface area contributed by atoms with Crippen LogP contribution in [0.15, 0.2) is 0 Å². The maximum absolute atomic E-state index is 12.7. The predicted octanol–water partition coefficient (Wildman–Crippen LogP) is 1.77. The van der Waals surface area contributed by atoms with Crippen LogP contribution in [0, 0.1) is 11.3 Å². The van der Waals surface area contributed by atoms with Gasteiger partial charge in [0.15, 0.2) is 0 Å². The molecule has 5 heteroatoms. The standard InChI is InChI=1S/C15H28N2O3/c1-4-6-15(7-5-8-16-10-15)14(20)17-12(11(2)3)9-13(18)19/h11-12,16H,4-10H2,1-3H3,(H,17,20)(H,18,19). The van der Waals surface area contributed by atoms with Gasteiger partial charge < -0.3 is 15.7 Å². The number of carboxylic acid groups (broad SMARTS) is 1. The van der Waals surface area contributed by atoms with Crippen molar-refractivity contribution in [3.8, 4) is 0 Å². The van der Waals surface area contributed by atoms with E-state index in [2.05, 4.69) is 17.6 Å². The summed E-state index contributed by atoms with van der Waals surface area (Å²) in [5, 5.41) is 15.3. The second-order valence-corrected chi connectivity index (χ2v) is 6.23. The summed E-state index contributed by atoms with van der Waals surface area (Å²) in [4.78, 5) is 23.6. The molecule has 5 nitrogen and oxygen atoms in total. The first-order chi connectivity index (χ1) is 9.41. The fourth-order valence-corrected chi connectivity index (χ4v) is 2.93. The highest BCUT2D eigenvalue weighted by Crippen LogP contribution is 2.32. The monoisotopic (exact) mass is 284 g/mol. The van der Waals surface area contributed by atoms with Crippen molar-refractivity contribution in [2.75, 3.05) is 13.1 Å². The van der Waals surface area contributed by atoms with Crippen LogP contribution >= 0.6 is 0 Å². The van der Waals surface area contributed by atoms with Crippen LogP contribution in [0.5, 0.6) is 0 Å². The van der Waals surface area contributed by atoms with E-state index in [4.69, 9.17) is 5.11 Å². The number of carboxylic acids is 1. The van der Waals surface area contributed by atoms with Gasteiger partial charge in [-0.05, 0) is 31.7 Å². The van der Waals surface area contributed by atoms with Crippen molar-refractivity contribution >= 4 is 11.9 Å². The predicted molar refractivity (Wildman–Crippen MR) is 78.5 cm³/mol. The second kappa shape index (κ2) is 7.62. The summed E-state index contributed by atoms with van der Waals surface area (Å²) >= 11 is 0. The number of aliphatic carboxylic acids is 1. The summed E-state index contributed by atoms with van der Waals surface area (Å²) in [6.07, 6.45) is 3.68. The summed E-state index contributed by atoms with van der Waals surface area (Å²) < 4.78 is 0. The minimum atomic E-state index is -0.865. The lowest BCUT2D eigenvalue weighted by molar-refractivity contribution is -0.139. The van der Waals surface area contributed by atoms with Gasteiger partial charge in [-0.15, -0.1) is 0 Å². The molecule has 116 valence electrons. The Labute approximate surface area is 121 Å². The van der Waals surface area contributed by atoms with Crippen LogP contribution in [-0.2, 0) is 9.59 Å². The van der Waals surface area contributed by atoms with E-state index in [0.29, 0.717) is 6.54 Å². The largest absolute Gasteiger partial charge is 0.481 e. The number of carbonyl (C=O) groups is 2. The molecule has 2 unspecified atom stereocenters. The number of amides is 1. The Kier molecular flexibility index (Phi) is 6.46. The zero-order valence-corrected chi connectivity index (χ0v) is 12.9. The molecule has 0 aromatic carbocycles. The van der Waals surface area contributed by atoms with Crippen LogP contribution in [0.3, 0.4) is 0 Å². The fraction of sp³-hybridized carbons (Fsp3) is 0.867. The number of piperidine rings is 1. The molecule has 0 saturated carbocycles. The van der Waals surface area contributed by atoms with Gasteiger partial charge in [-0.3, -0.25) is 9.59 Å². The lowest BCUT2D eigenvalue weighted by atomic mass is 9.75. The van der Waals surface area contributed by atoms with Crippen LogP contribution in [0.25, 0.3) is 0 Å². The Morgan fingerprint density at radius 3 is 2.55 bits per heavy atom. The molecule has 1 aliphatic rings. The van der Waals surface area contributed by atoms with Gasteiger partial charge in [-0.25, -0.2) is 0 Å². The average Bonchev–Trinajstić information content (AvgIpc) is 2.38. The molecule has 0 aliphatic carbocycles. The molecule has 0 bridgehead atoms. The highest BCUT2D eigenvalue weighted by atomic mass is 16.4. The smallest absolute Gasteiger partial charge is 0.305 e. The van der Waals surface area contributed by atoms with Gasteiger partial charge in [0, 0.05) is 12.6 Å². The van der Waals surface area contributed by atoms with E-state index in [1.165, 1.54) is 0 Å². The van der Waals surface area contributed by atoms with Crippen molar-refractivity contribution < 1.29 is 14.7 Å².